The molecule has 18 heavy (non-hydrogen) atoms. The molecule has 1 aliphatic rings. The number of benzene rings is 1. The van der Waals surface area contributed by atoms with Crippen LogP contribution in [0.5, 0.6) is 11.5 Å². The van der Waals surface area contributed by atoms with E-state index in [9.17, 15) is 0 Å². The maximum atomic E-state index is 5.70. The maximum absolute atomic E-state index is 5.70. The van der Waals surface area contributed by atoms with E-state index in [1.165, 1.54) is 0 Å². The van der Waals surface area contributed by atoms with Gasteiger partial charge in [0.05, 0.1) is 0 Å². The maximum Gasteiger partial charge on any atom is 0.166 e. The fourth-order valence-corrected chi connectivity index (χ4v) is 2.17. The summed E-state index contributed by atoms with van der Waals surface area (Å²) in [6, 6.07) is 6.02. The molecule has 0 saturated heterocycles. The first-order chi connectivity index (χ1) is 8.86. The Balaban J connectivity index is 2.16. The minimum atomic E-state index is 0.0848. The van der Waals surface area contributed by atoms with Gasteiger partial charge >= 0.3 is 0 Å². The zero-order valence-corrected chi connectivity index (χ0v) is 10.5. The Hall–Kier alpha value is -1.52. The third-order valence-electron chi connectivity index (χ3n) is 3.07. The molecule has 98 valence electrons. The van der Waals surface area contributed by atoms with Gasteiger partial charge in [-0.05, 0) is 25.3 Å². The van der Waals surface area contributed by atoms with Crippen molar-refractivity contribution in [2.24, 2.45) is 5.84 Å². The van der Waals surface area contributed by atoms with E-state index >= 15 is 0 Å². The molecule has 1 aromatic rings. The quantitative estimate of drug-likeness (QED) is 0.351. The van der Waals surface area contributed by atoms with Crippen molar-refractivity contribution in [1.29, 1.82) is 0 Å². The number of unbranched alkanes of at least 4 members (excludes halogenated alkanes) is 1. The molecule has 2 rings (SSSR count). The number of nitrogens with one attached hydrogen (secondary N) is 1. The van der Waals surface area contributed by atoms with Crippen molar-refractivity contribution in [3.8, 4) is 11.5 Å². The molecule has 1 heterocycles. The second kappa shape index (κ2) is 6.42. The van der Waals surface area contributed by atoms with Crippen LogP contribution in [0.3, 0.4) is 0 Å². The van der Waals surface area contributed by atoms with Crippen LogP contribution in [0.4, 0.5) is 0 Å². The number of allylic oxidation sites excluding steroid dienone is 1. The van der Waals surface area contributed by atoms with Crippen molar-refractivity contribution in [2.75, 3.05) is 13.2 Å². The van der Waals surface area contributed by atoms with E-state index in [0.29, 0.717) is 13.2 Å². The van der Waals surface area contributed by atoms with Gasteiger partial charge in [0.25, 0.3) is 0 Å². The Labute approximate surface area is 108 Å². The first-order valence-corrected chi connectivity index (χ1v) is 6.32. The lowest BCUT2D eigenvalue weighted by molar-refractivity contribution is 0.168. The Morgan fingerprint density at radius 1 is 1.39 bits per heavy atom. The minimum absolute atomic E-state index is 0.0848. The SMILES string of the molecule is C=CCCCC(NN)c1cccc2c1OCCO2. The van der Waals surface area contributed by atoms with Gasteiger partial charge in [0, 0.05) is 11.6 Å². The summed E-state index contributed by atoms with van der Waals surface area (Å²) in [4.78, 5) is 0. The molecule has 0 radical (unpaired) electrons. The lowest BCUT2D eigenvalue weighted by Crippen LogP contribution is -2.29. The number of hydrogen-bond donors (Lipinski definition) is 2. The molecule has 0 spiro atoms. The number of ether oxygens (including phenoxy) is 2. The van der Waals surface area contributed by atoms with Crippen molar-refractivity contribution in [3.63, 3.8) is 0 Å². The van der Waals surface area contributed by atoms with E-state index in [4.69, 9.17) is 15.3 Å². The average Bonchev–Trinajstić information content (AvgIpc) is 2.43. The third-order valence-corrected chi connectivity index (χ3v) is 3.07. The average molecular weight is 248 g/mol. The molecule has 4 nitrogen and oxygen atoms in total. The highest BCUT2D eigenvalue weighted by molar-refractivity contribution is 5.48. The number of hydrogen-bond acceptors (Lipinski definition) is 4. The van der Waals surface area contributed by atoms with Crippen LogP contribution >= 0.6 is 0 Å². The van der Waals surface area contributed by atoms with Crippen molar-refractivity contribution < 1.29 is 9.47 Å². The van der Waals surface area contributed by atoms with E-state index in [1.807, 2.05) is 24.3 Å². The van der Waals surface area contributed by atoms with Crippen LogP contribution in [0.1, 0.15) is 30.9 Å². The Morgan fingerprint density at radius 3 is 3.00 bits per heavy atom. The van der Waals surface area contributed by atoms with Crippen molar-refractivity contribution in [2.45, 2.75) is 25.3 Å². The fraction of sp³-hybridized carbons (Fsp3) is 0.429. The van der Waals surface area contributed by atoms with E-state index < -0.39 is 0 Å². The molecule has 0 aromatic heterocycles. The standard InChI is InChI=1S/C14H20N2O2/c1-2-3-4-7-12(16-15)11-6-5-8-13-14(11)18-10-9-17-13/h2,5-6,8,12,16H,1,3-4,7,9-10,15H2. The number of rotatable bonds is 6. The second-order valence-corrected chi connectivity index (χ2v) is 4.31. The summed E-state index contributed by atoms with van der Waals surface area (Å²) in [7, 11) is 0. The third kappa shape index (κ3) is 2.83. The topological polar surface area (TPSA) is 56.5 Å². The molecule has 0 bridgehead atoms. The van der Waals surface area contributed by atoms with E-state index in [0.717, 1.165) is 36.3 Å². The molecule has 0 amide bonds. The Bertz CT molecular complexity index is 407. The van der Waals surface area contributed by atoms with Crippen LogP contribution in [0.25, 0.3) is 0 Å². The van der Waals surface area contributed by atoms with Gasteiger partial charge < -0.3 is 9.47 Å². The number of fused-ring (bicyclic) bond motifs is 1. The molecule has 0 aliphatic carbocycles. The molecule has 1 unspecified atom stereocenters. The Morgan fingerprint density at radius 2 is 2.22 bits per heavy atom. The minimum Gasteiger partial charge on any atom is -0.486 e. The van der Waals surface area contributed by atoms with E-state index in [2.05, 4.69) is 12.0 Å². The van der Waals surface area contributed by atoms with Gasteiger partial charge in [0.15, 0.2) is 11.5 Å². The van der Waals surface area contributed by atoms with Gasteiger partial charge in [-0.2, -0.15) is 0 Å². The predicted molar refractivity (Wildman–Crippen MR) is 71.5 cm³/mol. The lowest BCUT2D eigenvalue weighted by atomic mass is 10.00. The number of para-hydroxylation sites is 1. The summed E-state index contributed by atoms with van der Waals surface area (Å²) in [5, 5.41) is 0. The normalized spacial score (nSPS) is 15.2. The highest BCUT2D eigenvalue weighted by Gasteiger charge is 2.20. The first-order valence-electron chi connectivity index (χ1n) is 6.32. The first kappa shape index (κ1) is 12.9. The zero-order chi connectivity index (χ0) is 12.8. The highest BCUT2D eigenvalue weighted by atomic mass is 16.6. The molecule has 1 aliphatic heterocycles. The summed E-state index contributed by atoms with van der Waals surface area (Å²) >= 11 is 0. The van der Waals surface area contributed by atoms with Crippen LogP contribution in [0.15, 0.2) is 30.9 Å². The van der Waals surface area contributed by atoms with Gasteiger partial charge in [-0.15, -0.1) is 6.58 Å². The monoisotopic (exact) mass is 248 g/mol. The van der Waals surface area contributed by atoms with Gasteiger partial charge in [-0.1, -0.05) is 18.2 Å². The van der Waals surface area contributed by atoms with Crippen LogP contribution < -0.4 is 20.7 Å². The molecular formula is C14H20N2O2. The zero-order valence-electron chi connectivity index (χ0n) is 10.5. The van der Waals surface area contributed by atoms with Gasteiger partial charge in [-0.25, -0.2) is 0 Å². The predicted octanol–water partition coefficient (Wildman–Crippen LogP) is 2.32. The lowest BCUT2D eigenvalue weighted by Gasteiger charge is -2.24. The largest absolute Gasteiger partial charge is 0.486 e. The molecular weight excluding hydrogens is 228 g/mol. The van der Waals surface area contributed by atoms with Crippen LogP contribution in [-0.4, -0.2) is 13.2 Å². The van der Waals surface area contributed by atoms with Crippen molar-refractivity contribution in [1.82, 2.24) is 5.43 Å². The van der Waals surface area contributed by atoms with Gasteiger partial charge in [-0.3, -0.25) is 11.3 Å². The number of nitrogens with two attached hydrogens (primary N) is 1. The molecule has 4 heteroatoms. The smallest absolute Gasteiger partial charge is 0.166 e. The molecule has 0 fully saturated rings. The van der Waals surface area contributed by atoms with Crippen LogP contribution in [0, 0.1) is 0 Å². The molecule has 1 aromatic carbocycles. The molecule has 0 saturated carbocycles. The van der Waals surface area contributed by atoms with E-state index in [-0.39, 0.29) is 6.04 Å². The second-order valence-electron chi connectivity index (χ2n) is 4.31. The fourth-order valence-electron chi connectivity index (χ4n) is 2.17. The van der Waals surface area contributed by atoms with Crippen LogP contribution in [0.2, 0.25) is 0 Å². The summed E-state index contributed by atoms with van der Waals surface area (Å²) in [6.07, 6.45) is 4.91. The van der Waals surface area contributed by atoms with Crippen molar-refractivity contribution in [3.05, 3.63) is 36.4 Å². The molecule has 1 atom stereocenters. The number of hydrazine groups is 1. The van der Waals surface area contributed by atoms with Crippen LogP contribution in [-0.2, 0) is 0 Å². The summed E-state index contributed by atoms with van der Waals surface area (Å²) < 4.78 is 11.3. The Kier molecular flexibility index (Phi) is 4.61. The van der Waals surface area contributed by atoms with Gasteiger partial charge in [0.1, 0.15) is 13.2 Å². The molecule has 3 N–H and O–H groups in total. The highest BCUT2D eigenvalue weighted by Crippen LogP contribution is 2.38. The van der Waals surface area contributed by atoms with E-state index in [1.54, 1.807) is 0 Å². The summed E-state index contributed by atoms with van der Waals surface area (Å²) in [6.45, 7) is 4.93. The summed E-state index contributed by atoms with van der Waals surface area (Å²) in [5.74, 6) is 7.28. The van der Waals surface area contributed by atoms with Crippen molar-refractivity contribution >= 4 is 0 Å². The summed E-state index contributed by atoms with van der Waals surface area (Å²) in [5.41, 5.74) is 3.93. The van der Waals surface area contributed by atoms with Gasteiger partial charge in [0.2, 0.25) is 0 Å².